The first-order valence-corrected chi connectivity index (χ1v) is 10.1. The molecule has 0 spiro atoms. The molecule has 0 atom stereocenters. The lowest BCUT2D eigenvalue weighted by Gasteiger charge is -2.28. The molecule has 0 aliphatic carbocycles. The van der Waals surface area contributed by atoms with Crippen LogP contribution in [0.15, 0.2) is 46.9 Å². The van der Waals surface area contributed by atoms with Gasteiger partial charge in [-0.1, -0.05) is 34.1 Å². The molecule has 1 amide bonds. The molecule has 6 nitrogen and oxygen atoms in total. The third-order valence-electron chi connectivity index (χ3n) is 3.77. The van der Waals surface area contributed by atoms with Crippen LogP contribution in [0.4, 0.5) is 11.4 Å². The molecule has 0 bridgehead atoms. The van der Waals surface area contributed by atoms with E-state index in [-0.39, 0.29) is 6.54 Å². The van der Waals surface area contributed by atoms with E-state index in [1.807, 2.05) is 32.0 Å². The van der Waals surface area contributed by atoms with E-state index in [4.69, 9.17) is 0 Å². The van der Waals surface area contributed by atoms with Crippen molar-refractivity contribution in [2.24, 2.45) is 0 Å². The monoisotopic (exact) mass is 439 g/mol. The topological polar surface area (TPSA) is 69.7 Å². The fraction of sp³-hybridized carbons (Fsp3) is 0.278. The summed E-state index contributed by atoms with van der Waals surface area (Å²) in [7, 11) is -0.942. The molecule has 0 radical (unpaired) electrons. The minimum absolute atomic E-state index is 0.322. The first-order chi connectivity index (χ1) is 12.1. The van der Waals surface area contributed by atoms with Crippen LogP contribution < -0.4 is 9.62 Å². The van der Waals surface area contributed by atoms with Gasteiger partial charge < -0.3 is 5.32 Å². The summed E-state index contributed by atoms with van der Waals surface area (Å²) in [5.74, 6) is -0.422. The molecule has 0 aliphatic rings. The van der Waals surface area contributed by atoms with Gasteiger partial charge in [-0.25, -0.2) is 4.31 Å². The fourth-order valence-corrected chi connectivity index (χ4v) is 3.89. The number of anilines is 2. The summed E-state index contributed by atoms with van der Waals surface area (Å²) in [6.07, 6.45) is 0. The Morgan fingerprint density at radius 2 is 1.81 bits per heavy atom. The minimum Gasteiger partial charge on any atom is -0.324 e. The van der Waals surface area contributed by atoms with Gasteiger partial charge in [-0.05, 0) is 49.2 Å². The van der Waals surface area contributed by atoms with Gasteiger partial charge in [0.25, 0.3) is 0 Å². The Balaban J connectivity index is 2.36. The highest BCUT2D eigenvalue weighted by Gasteiger charge is 2.28. The number of benzene rings is 2. The van der Waals surface area contributed by atoms with E-state index in [1.165, 1.54) is 14.1 Å². The van der Waals surface area contributed by atoms with Crippen LogP contribution in [0.2, 0.25) is 0 Å². The zero-order chi connectivity index (χ0) is 19.5. The number of halogens is 1. The highest BCUT2D eigenvalue weighted by atomic mass is 79.9. The van der Waals surface area contributed by atoms with E-state index in [9.17, 15) is 13.2 Å². The number of carbonyl (C=O) groups excluding carboxylic acids is 1. The normalized spacial score (nSPS) is 11.5. The Labute approximate surface area is 163 Å². The maximum absolute atomic E-state index is 12.8. The average Bonchev–Trinajstić information content (AvgIpc) is 2.55. The summed E-state index contributed by atoms with van der Waals surface area (Å²) >= 11 is 3.34. The zero-order valence-corrected chi connectivity index (χ0v) is 17.6. The third kappa shape index (κ3) is 4.84. The Kier molecular flexibility index (Phi) is 6.44. The molecule has 8 heteroatoms. The quantitative estimate of drug-likeness (QED) is 0.750. The fourth-order valence-electron chi connectivity index (χ4n) is 2.37. The molecule has 1 N–H and O–H groups in total. The van der Waals surface area contributed by atoms with Gasteiger partial charge in [-0.3, -0.25) is 4.79 Å². The summed E-state index contributed by atoms with van der Waals surface area (Å²) in [5.41, 5.74) is 2.77. The van der Waals surface area contributed by atoms with E-state index in [2.05, 4.69) is 21.2 Å². The lowest BCUT2D eigenvalue weighted by atomic mass is 10.1. The van der Waals surface area contributed by atoms with E-state index >= 15 is 0 Å². The maximum Gasteiger partial charge on any atom is 0.304 e. The van der Waals surface area contributed by atoms with Crippen LogP contribution in [-0.4, -0.2) is 39.3 Å². The molecule has 2 rings (SSSR count). The number of hydrogen-bond donors (Lipinski definition) is 1. The lowest BCUT2D eigenvalue weighted by Crippen LogP contribution is -2.44. The standard InChI is InChI=1S/C18H22BrN3O3S/c1-13-8-9-14(2)17(10-13)22(26(24,25)21(3)4)12-18(23)20-16-7-5-6-15(19)11-16/h5-11H,12H2,1-4H3,(H,20,23). The Morgan fingerprint density at radius 1 is 1.12 bits per heavy atom. The van der Waals surface area contributed by atoms with Crippen molar-refractivity contribution in [1.82, 2.24) is 4.31 Å². The van der Waals surface area contributed by atoms with E-state index in [0.29, 0.717) is 11.4 Å². The van der Waals surface area contributed by atoms with Crippen molar-refractivity contribution in [1.29, 1.82) is 0 Å². The van der Waals surface area contributed by atoms with Gasteiger partial charge in [0, 0.05) is 24.3 Å². The maximum atomic E-state index is 12.8. The predicted octanol–water partition coefficient (Wildman–Crippen LogP) is 3.32. The summed E-state index contributed by atoms with van der Waals surface area (Å²) in [4.78, 5) is 12.5. The molecule has 0 saturated heterocycles. The average molecular weight is 440 g/mol. The SMILES string of the molecule is Cc1ccc(C)c(N(CC(=O)Nc2cccc(Br)c2)S(=O)(=O)N(C)C)c1. The first kappa shape index (κ1) is 20.4. The third-order valence-corrected chi connectivity index (χ3v) is 6.07. The molecule has 0 aliphatic heterocycles. The molecule has 2 aromatic rings. The van der Waals surface area contributed by atoms with Gasteiger partial charge in [0.1, 0.15) is 6.54 Å². The van der Waals surface area contributed by atoms with Crippen molar-refractivity contribution in [2.45, 2.75) is 13.8 Å². The molecule has 0 saturated carbocycles. The molecule has 140 valence electrons. The molecule has 26 heavy (non-hydrogen) atoms. The van der Waals surface area contributed by atoms with Crippen molar-refractivity contribution in [3.63, 3.8) is 0 Å². The smallest absolute Gasteiger partial charge is 0.304 e. The molecular weight excluding hydrogens is 418 g/mol. The van der Waals surface area contributed by atoms with E-state index in [1.54, 1.807) is 24.3 Å². The van der Waals surface area contributed by atoms with Crippen molar-refractivity contribution >= 4 is 43.4 Å². The van der Waals surface area contributed by atoms with Gasteiger partial charge in [0.05, 0.1) is 5.69 Å². The van der Waals surface area contributed by atoms with Gasteiger partial charge in [-0.2, -0.15) is 12.7 Å². The molecule has 2 aromatic carbocycles. The molecule has 0 fully saturated rings. The van der Waals surface area contributed by atoms with Crippen LogP contribution in [0.3, 0.4) is 0 Å². The Bertz CT molecular complexity index is 914. The van der Waals surface area contributed by atoms with Crippen LogP contribution in [0.25, 0.3) is 0 Å². The first-order valence-electron chi connectivity index (χ1n) is 7.94. The number of carbonyl (C=O) groups is 1. The van der Waals surface area contributed by atoms with E-state index in [0.717, 1.165) is 24.2 Å². The second-order valence-electron chi connectivity index (χ2n) is 6.15. The van der Waals surface area contributed by atoms with Crippen molar-refractivity contribution < 1.29 is 13.2 Å². The van der Waals surface area contributed by atoms with Crippen molar-refractivity contribution in [2.75, 3.05) is 30.3 Å². The largest absolute Gasteiger partial charge is 0.324 e. The number of nitrogens with zero attached hydrogens (tertiary/aromatic N) is 2. The number of rotatable bonds is 6. The van der Waals surface area contributed by atoms with Crippen molar-refractivity contribution in [3.05, 3.63) is 58.1 Å². The molecule has 0 heterocycles. The Morgan fingerprint density at radius 3 is 2.42 bits per heavy atom. The second-order valence-corrected chi connectivity index (χ2v) is 9.13. The number of hydrogen-bond acceptors (Lipinski definition) is 3. The zero-order valence-electron chi connectivity index (χ0n) is 15.2. The van der Waals surface area contributed by atoms with Gasteiger partial charge in [0.2, 0.25) is 5.91 Å². The van der Waals surface area contributed by atoms with Crippen LogP contribution in [-0.2, 0) is 15.0 Å². The van der Waals surface area contributed by atoms with Crippen molar-refractivity contribution in [3.8, 4) is 0 Å². The van der Waals surface area contributed by atoms with Crippen LogP contribution in [0.5, 0.6) is 0 Å². The summed E-state index contributed by atoms with van der Waals surface area (Å²) in [6, 6.07) is 12.6. The summed E-state index contributed by atoms with van der Waals surface area (Å²) < 4.78 is 28.6. The van der Waals surface area contributed by atoms with Crippen LogP contribution >= 0.6 is 15.9 Å². The van der Waals surface area contributed by atoms with Gasteiger partial charge >= 0.3 is 10.2 Å². The number of amides is 1. The predicted molar refractivity (Wildman–Crippen MR) is 109 cm³/mol. The molecular formula is C18H22BrN3O3S. The van der Waals surface area contributed by atoms with Gasteiger partial charge in [-0.15, -0.1) is 0 Å². The molecule has 0 aromatic heterocycles. The Hall–Kier alpha value is -1.90. The van der Waals surface area contributed by atoms with Crippen LogP contribution in [0.1, 0.15) is 11.1 Å². The summed E-state index contributed by atoms with van der Waals surface area (Å²) in [6.45, 7) is 3.38. The lowest BCUT2D eigenvalue weighted by molar-refractivity contribution is -0.114. The number of aryl methyl sites for hydroxylation is 2. The molecule has 0 unspecified atom stereocenters. The highest BCUT2D eigenvalue weighted by molar-refractivity contribution is 9.10. The van der Waals surface area contributed by atoms with Gasteiger partial charge in [0.15, 0.2) is 0 Å². The minimum atomic E-state index is -3.83. The summed E-state index contributed by atoms with van der Waals surface area (Å²) in [5, 5.41) is 2.73. The number of nitrogens with one attached hydrogen (secondary N) is 1. The van der Waals surface area contributed by atoms with E-state index < -0.39 is 16.1 Å². The second kappa shape index (κ2) is 8.20. The van der Waals surface area contributed by atoms with Crippen LogP contribution in [0, 0.1) is 13.8 Å². The highest BCUT2D eigenvalue weighted by Crippen LogP contribution is 2.25.